The number of fused-ring (bicyclic) bond motifs is 1. The molecule has 0 radical (unpaired) electrons. The molecule has 1 heterocycles. The maximum atomic E-state index is 11.9. The zero-order valence-electron chi connectivity index (χ0n) is 13.8. The van der Waals surface area contributed by atoms with Crippen molar-refractivity contribution in [3.63, 3.8) is 0 Å². The molecule has 1 saturated heterocycles. The quantitative estimate of drug-likeness (QED) is 0.749. The average Bonchev–Trinajstić information content (AvgIpc) is 2.98. The van der Waals surface area contributed by atoms with Gasteiger partial charge in [0.25, 0.3) is 0 Å². The van der Waals surface area contributed by atoms with Crippen LogP contribution >= 0.6 is 0 Å². The molecule has 23 heavy (non-hydrogen) atoms. The van der Waals surface area contributed by atoms with Gasteiger partial charge in [0.2, 0.25) is 0 Å². The van der Waals surface area contributed by atoms with Crippen molar-refractivity contribution in [1.82, 2.24) is 4.90 Å². The fourth-order valence-corrected chi connectivity index (χ4v) is 4.01. The molecule has 2 fully saturated rings. The number of rotatable bonds is 0. The van der Waals surface area contributed by atoms with Gasteiger partial charge in [0.15, 0.2) is 0 Å². The Morgan fingerprint density at radius 3 is 3.00 bits per heavy atom. The minimum Gasteiger partial charge on any atom is -0.453 e. The SMILES string of the molecule is COC(=O)N1CCC2C1CCCC2(N)C#Cc1cccc(C)c1. The fourth-order valence-electron chi connectivity index (χ4n) is 4.01. The van der Waals surface area contributed by atoms with Gasteiger partial charge >= 0.3 is 6.09 Å². The van der Waals surface area contributed by atoms with E-state index in [0.29, 0.717) is 6.54 Å². The lowest BCUT2D eigenvalue weighted by molar-refractivity contribution is 0.0964. The summed E-state index contributed by atoms with van der Waals surface area (Å²) in [6.45, 7) is 2.78. The highest BCUT2D eigenvalue weighted by Gasteiger charge is 2.49. The second-order valence-electron chi connectivity index (χ2n) is 6.68. The average molecular weight is 312 g/mol. The summed E-state index contributed by atoms with van der Waals surface area (Å²) in [5.41, 5.74) is 8.36. The van der Waals surface area contributed by atoms with Crippen LogP contribution in [-0.4, -0.2) is 36.2 Å². The maximum absolute atomic E-state index is 11.9. The zero-order chi connectivity index (χ0) is 16.4. The molecule has 3 atom stereocenters. The minimum atomic E-state index is -0.518. The van der Waals surface area contributed by atoms with Crippen molar-refractivity contribution in [2.24, 2.45) is 11.7 Å². The van der Waals surface area contributed by atoms with Crippen molar-refractivity contribution in [3.05, 3.63) is 35.4 Å². The van der Waals surface area contributed by atoms with Crippen molar-refractivity contribution in [2.45, 2.75) is 44.2 Å². The lowest BCUT2D eigenvalue weighted by Crippen LogP contribution is -2.54. The van der Waals surface area contributed by atoms with E-state index in [1.54, 1.807) is 0 Å². The van der Waals surface area contributed by atoms with E-state index < -0.39 is 5.54 Å². The molecule has 2 N–H and O–H groups in total. The van der Waals surface area contributed by atoms with Crippen molar-refractivity contribution >= 4 is 6.09 Å². The van der Waals surface area contributed by atoms with Crippen LogP contribution in [-0.2, 0) is 4.74 Å². The van der Waals surface area contributed by atoms with E-state index in [4.69, 9.17) is 10.5 Å². The van der Waals surface area contributed by atoms with Gasteiger partial charge in [-0.15, -0.1) is 0 Å². The number of benzene rings is 1. The normalized spacial score (nSPS) is 29.4. The van der Waals surface area contributed by atoms with Crippen molar-refractivity contribution in [1.29, 1.82) is 0 Å². The molecule has 0 bridgehead atoms. The number of nitrogens with two attached hydrogens (primary N) is 1. The summed E-state index contributed by atoms with van der Waals surface area (Å²) in [6, 6.07) is 8.32. The Hall–Kier alpha value is -1.99. The van der Waals surface area contributed by atoms with E-state index in [1.165, 1.54) is 12.7 Å². The molecule has 122 valence electrons. The number of methoxy groups -OCH3 is 1. The third kappa shape index (κ3) is 3.07. The predicted octanol–water partition coefficient (Wildman–Crippen LogP) is 2.68. The first kappa shape index (κ1) is 15.9. The molecule has 1 aromatic rings. The number of hydrogen-bond donors (Lipinski definition) is 1. The molecule has 1 amide bonds. The predicted molar refractivity (Wildman–Crippen MR) is 89.8 cm³/mol. The van der Waals surface area contributed by atoms with E-state index in [1.807, 2.05) is 17.0 Å². The van der Waals surface area contributed by atoms with E-state index >= 15 is 0 Å². The summed E-state index contributed by atoms with van der Waals surface area (Å²) in [7, 11) is 1.44. The molecule has 1 aliphatic heterocycles. The van der Waals surface area contributed by atoms with Crippen molar-refractivity contribution < 1.29 is 9.53 Å². The van der Waals surface area contributed by atoms with E-state index in [-0.39, 0.29) is 18.1 Å². The Kier molecular flexibility index (Phi) is 4.32. The van der Waals surface area contributed by atoms with Gasteiger partial charge in [-0.25, -0.2) is 4.79 Å². The Morgan fingerprint density at radius 2 is 2.26 bits per heavy atom. The van der Waals surface area contributed by atoms with Crippen LogP contribution in [0.1, 0.15) is 36.8 Å². The molecule has 3 rings (SSSR count). The number of likely N-dealkylation sites (tertiary alicyclic amines) is 1. The number of hydrogen-bond acceptors (Lipinski definition) is 3. The molecule has 3 unspecified atom stereocenters. The number of amides is 1. The number of nitrogens with zero attached hydrogens (tertiary/aromatic N) is 1. The lowest BCUT2D eigenvalue weighted by atomic mass is 9.71. The Labute approximate surface area is 138 Å². The topological polar surface area (TPSA) is 55.6 Å². The molecule has 4 nitrogen and oxygen atoms in total. The van der Waals surface area contributed by atoms with Gasteiger partial charge in [-0.2, -0.15) is 0 Å². The molecule has 1 aromatic carbocycles. The third-order valence-corrected chi connectivity index (χ3v) is 5.16. The van der Waals surface area contributed by atoms with Crippen LogP contribution in [0.5, 0.6) is 0 Å². The molecular weight excluding hydrogens is 288 g/mol. The van der Waals surface area contributed by atoms with Crippen LogP contribution in [0.4, 0.5) is 4.79 Å². The summed E-state index contributed by atoms with van der Waals surface area (Å²) < 4.78 is 4.90. The minimum absolute atomic E-state index is 0.160. The first-order valence-electron chi connectivity index (χ1n) is 8.27. The Balaban J connectivity index is 1.83. The second-order valence-corrected chi connectivity index (χ2v) is 6.68. The van der Waals surface area contributed by atoms with Crippen LogP contribution in [0.25, 0.3) is 0 Å². The zero-order valence-corrected chi connectivity index (χ0v) is 13.8. The van der Waals surface area contributed by atoms with Gasteiger partial charge in [0.05, 0.1) is 12.6 Å². The number of ether oxygens (including phenoxy) is 1. The van der Waals surface area contributed by atoms with Gasteiger partial charge in [-0.1, -0.05) is 24.0 Å². The largest absolute Gasteiger partial charge is 0.453 e. The molecule has 0 spiro atoms. The number of carbonyl (C=O) groups is 1. The van der Waals surface area contributed by atoms with Crippen LogP contribution in [0.2, 0.25) is 0 Å². The van der Waals surface area contributed by atoms with Crippen LogP contribution in [0, 0.1) is 24.7 Å². The molecule has 1 saturated carbocycles. The van der Waals surface area contributed by atoms with Gasteiger partial charge in [-0.05, 0) is 50.3 Å². The molecule has 4 heteroatoms. The second kappa shape index (κ2) is 6.25. The molecule has 1 aliphatic carbocycles. The molecule has 0 aromatic heterocycles. The highest BCUT2D eigenvalue weighted by molar-refractivity contribution is 5.68. The fraction of sp³-hybridized carbons (Fsp3) is 0.526. The Bertz CT molecular complexity index is 661. The summed E-state index contributed by atoms with van der Waals surface area (Å²) in [4.78, 5) is 13.8. The van der Waals surface area contributed by atoms with E-state index in [0.717, 1.165) is 31.2 Å². The first-order chi connectivity index (χ1) is 11.0. The number of carbonyl (C=O) groups excluding carboxylic acids is 1. The van der Waals surface area contributed by atoms with Gasteiger partial charge < -0.3 is 15.4 Å². The number of aryl methyl sites for hydroxylation is 1. The Morgan fingerprint density at radius 1 is 1.43 bits per heavy atom. The lowest BCUT2D eigenvalue weighted by Gasteiger charge is -2.40. The smallest absolute Gasteiger partial charge is 0.409 e. The summed E-state index contributed by atoms with van der Waals surface area (Å²) >= 11 is 0. The van der Waals surface area contributed by atoms with Gasteiger partial charge in [0.1, 0.15) is 0 Å². The summed E-state index contributed by atoms with van der Waals surface area (Å²) in [5, 5.41) is 0. The van der Waals surface area contributed by atoms with E-state index in [9.17, 15) is 4.79 Å². The third-order valence-electron chi connectivity index (χ3n) is 5.16. The highest BCUT2D eigenvalue weighted by Crippen LogP contribution is 2.41. The molecular formula is C19H24N2O2. The van der Waals surface area contributed by atoms with E-state index in [2.05, 4.69) is 30.9 Å². The van der Waals surface area contributed by atoms with Gasteiger partial charge in [-0.3, -0.25) is 0 Å². The van der Waals surface area contributed by atoms with Crippen molar-refractivity contribution in [2.75, 3.05) is 13.7 Å². The van der Waals surface area contributed by atoms with Crippen LogP contribution in [0.15, 0.2) is 24.3 Å². The van der Waals surface area contributed by atoms with Crippen molar-refractivity contribution in [3.8, 4) is 11.8 Å². The van der Waals surface area contributed by atoms with Gasteiger partial charge in [0, 0.05) is 24.1 Å². The van der Waals surface area contributed by atoms with Crippen LogP contribution in [0.3, 0.4) is 0 Å². The van der Waals surface area contributed by atoms with Crippen LogP contribution < -0.4 is 5.73 Å². The monoisotopic (exact) mass is 312 g/mol. The molecule has 2 aliphatic rings. The standard InChI is InChI=1S/C19H24N2O2/c1-14-5-3-6-15(13-14)8-11-19(20)10-4-7-17-16(19)9-12-21(17)18(22)23-2/h3,5-6,13,16-17H,4,7,9-10,12,20H2,1-2H3. The summed E-state index contributed by atoms with van der Waals surface area (Å²) in [5.74, 6) is 6.83. The maximum Gasteiger partial charge on any atom is 0.409 e. The first-order valence-corrected chi connectivity index (χ1v) is 8.27. The highest BCUT2D eigenvalue weighted by atomic mass is 16.5. The summed E-state index contributed by atoms with van der Waals surface area (Å²) in [6.07, 6.45) is 3.53.